The number of hydrogen-bond donors (Lipinski definition) is 1. The number of carbonyl (C=O) groups is 1. The van der Waals surface area contributed by atoms with Crippen LogP contribution in [0.15, 0.2) is 54.6 Å². The van der Waals surface area contributed by atoms with Crippen molar-refractivity contribution in [3.05, 3.63) is 65.7 Å². The van der Waals surface area contributed by atoms with Gasteiger partial charge in [0, 0.05) is 37.4 Å². The number of benzene rings is 2. The van der Waals surface area contributed by atoms with Crippen LogP contribution in [0, 0.1) is 13.8 Å². The maximum absolute atomic E-state index is 12.4. The van der Waals surface area contributed by atoms with Crippen molar-refractivity contribution in [3.8, 4) is 17.0 Å². The highest BCUT2D eigenvalue weighted by molar-refractivity contribution is 5.92. The Morgan fingerprint density at radius 3 is 2.53 bits per heavy atom. The lowest BCUT2D eigenvalue weighted by molar-refractivity contribution is -0.118. The van der Waals surface area contributed by atoms with Crippen molar-refractivity contribution in [3.63, 3.8) is 0 Å². The minimum absolute atomic E-state index is 0.0476. The SMILES string of the molecule is Cc1cccc(OCC(=O)Nc2cccc(-c3ccc(N4CCN(C)CC4)nn3)c2)c1C. The smallest absolute Gasteiger partial charge is 0.262 e. The molecule has 2 aromatic carbocycles. The van der Waals surface area contributed by atoms with Gasteiger partial charge in [-0.1, -0.05) is 24.3 Å². The minimum Gasteiger partial charge on any atom is -0.483 e. The van der Waals surface area contributed by atoms with E-state index in [0.29, 0.717) is 5.69 Å². The van der Waals surface area contributed by atoms with E-state index in [0.717, 1.165) is 60.1 Å². The summed E-state index contributed by atoms with van der Waals surface area (Å²) in [5.41, 5.74) is 4.54. The monoisotopic (exact) mass is 431 g/mol. The second kappa shape index (κ2) is 9.78. The number of hydrogen-bond acceptors (Lipinski definition) is 6. The van der Waals surface area contributed by atoms with Gasteiger partial charge in [-0.2, -0.15) is 0 Å². The van der Waals surface area contributed by atoms with Crippen molar-refractivity contribution in [2.45, 2.75) is 13.8 Å². The quantitative estimate of drug-likeness (QED) is 0.644. The molecule has 7 nitrogen and oxygen atoms in total. The first-order valence-corrected chi connectivity index (χ1v) is 10.9. The van der Waals surface area contributed by atoms with Crippen LogP contribution in [0.5, 0.6) is 5.75 Å². The number of anilines is 2. The Morgan fingerprint density at radius 2 is 1.78 bits per heavy atom. The molecule has 4 rings (SSSR count). The Balaban J connectivity index is 1.37. The van der Waals surface area contributed by atoms with Crippen molar-refractivity contribution in [2.24, 2.45) is 0 Å². The summed E-state index contributed by atoms with van der Waals surface area (Å²) in [7, 11) is 2.13. The molecule has 1 aliphatic heterocycles. The van der Waals surface area contributed by atoms with Crippen LogP contribution in [0.4, 0.5) is 11.5 Å². The highest BCUT2D eigenvalue weighted by Gasteiger charge is 2.16. The molecule has 1 saturated heterocycles. The first-order valence-electron chi connectivity index (χ1n) is 10.9. The van der Waals surface area contributed by atoms with Gasteiger partial charge < -0.3 is 19.9 Å². The van der Waals surface area contributed by atoms with Gasteiger partial charge in [0.2, 0.25) is 0 Å². The Bertz CT molecular complexity index is 1080. The second-order valence-electron chi connectivity index (χ2n) is 8.18. The van der Waals surface area contributed by atoms with Gasteiger partial charge in [-0.25, -0.2) is 0 Å². The molecule has 1 fully saturated rings. The number of piperazine rings is 1. The van der Waals surface area contributed by atoms with Crippen LogP contribution in [-0.2, 0) is 4.79 Å². The van der Waals surface area contributed by atoms with E-state index in [9.17, 15) is 4.79 Å². The largest absolute Gasteiger partial charge is 0.483 e. The Kier molecular flexibility index (Phi) is 6.66. The third-order valence-electron chi connectivity index (χ3n) is 5.83. The van der Waals surface area contributed by atoms with Gasteiger partial charge in [-0.05, 0) is 62.4 Å². The summed E-state index contributed by atoms with van der Waals surface area (Å²) in [6.07, 6.45) is 0. The molecule has 0 atom stereocenters. The molecule has 7 heteroatoms. The number of aryl methyl sites for hydroxylation is 1. The van der Waals surface area contributed by atoms with Crippen molar-refractivity contribution in [2.75, 3.05) is 50.1 Å². The zero-order valence-electron chi connectivity index (χ0n) is 18.8. The lowest BCUT2D eigenvalue weighted by atomic mass is 10.1. The first-order chi connectivity index (χ1) is 15.5. The van der Waals surface area contributed by atoms with Crippen molar-refractivity contribution in [1.29, 1.82) is 0 Å². The summed E-state index contributed by atoms with van der Waals surface area (Å²) in [5.74, 6) is 1.42. The number of nitrogens with zero attached hydrogens (tertiary/aromatic N) is 4. The molecule has 0 aliphatic carbocycles. The summed E-state index contributed by atoms with van der Waals surface area (Å²) in [5, 5.41) is 11.7. The third-order valence-corrected chi connectivity index (χ3v) is 5.83. The number of aromatic nitrogens is 2. The summed E-state index contributed by atoms with van der Waals surface area (Å²) >= 11 is 0. The fraction of sp³-hybridized carbons (Fsp3) is 0.320. The molecule has 1 N–H and O–H groups in total. The molecule has 0 bridgehead atoms. The molecule has 1 aliphatic rings. The Hall–Kier alpha value is -3.45. The van der Waals surface area contributed by atoms with Gasteiger partial charge in [0.25, 0.3) is 5.91 Å². The highest BCUT2D eigenvalue weighted by atomic mass is 16.5. The molecular weight excluding hydrogens is 402 g/mol. The molecule has 1 amide bonds. The van der Waals surface area contributed by atoms with Crippen molar-refractivity contribution in [1.82, 2.24) is 15.1 Å². The van der Waals surface area contributed by atoms with Crippen molar-refractivity contribution >= 4 is 17.4 Å². The predicted molar refractivity (Wildman–Crippen MR) is 127 cm³/mol. The van der Waals surface area contributed by atoms with Gasteiger partial charge in [-0.15, -0.1) is 10.2 Å². The number of likely N-dealkylation sites (N-methyl/N-ethyl adjacent to an activating group) is 1. The van der Waals surface area contributed by atoms with Gasteiger partial charge in [0.15, 0.2) is 12.4 Å². The zero-order valence-corrected chi connectivity index (χ0v) is 18.8. The topological polar surface area (TPSA) is 70.6 Å². The molecule has 3 aromatic rings. The summed E-state index contributed by atoms with van der Waals surface area (Å²) in [6, 6.07) is 17.4. The summed E-state index contributed by atoms with van der Waals surface area (Å²) < 4.78 is 5.70. The summed E-state index contributed by atoms with van der Waals surface area (Å²) in [4.78, 5) is 17.0. The van der Waals surface area contributed by atoms with E-state index in [1.807, 2.05) is 68.4 Å². The Labute approximate surface area is 189 Å². The number of rotatable bonds is 6. The second-order valence-corrected chi connectivity index (χ2v) is 8.18. The molecule has 0 spiro atoms. The van der Waals surface area contributed by atoms with Crippen LogP contribution < -0.4 is 15.0 Å². The van der Waals surface area contributed by atoms with Crippen LogP contribution in [0.2, 0.25) is 0 Å². The third kappa shape index (κ3) is 5.23. The lowest BCUT2D eigenvalue weighted by Crippen LogP contribution is -2.44. The van der Waals surface area contributed by atoms with Crippen LogP contribution in [0.3, 0.4) is 0 Å². The fourth-order valence-corrected chi connectivity index (χ4v) is 3.66. The van der Waals surface area contributed by atoms with Crippen LogP contribution in [-0.4, -0.2) is 60.8 Å². The van der Waals surface area contributed by atoms with Crippen LogP contribution in [0.25, 0.3) is 11.3 Å². The minimum atomic E-state index is -0.209. The molecule has 2 heterocycles. The van der Waals surface area contributed by atoms with Gasteiger partial charge in [0.1, 0.15) is 5.75 Å². The number of ether oxygens (including phenoxy) is 1. The van der Waals surface area contributed by atoms with Crippen molar-refractivity contribution < 1.29 is 9.53 Å². The highest BCUT2D eigenvalue weighted by Crippen LogP contribution is 2.23. The molecule has 32 heavy (non-hydrogen) atoms. The van der Waals surface area contributed by atoms with E-state index in [1.165, 1.54) is 0 Å². The van der Waals surface area contributed by atoms with E-state index in [1.54, 1.807) is 0 Å². The molecule has 0 unspecified atom stereocenters. The summed E-state index contributed by atoms with van der Waals surface area (Å²) in [6.45, 7) is 7.92. The van der Waals surface area contributed by atoms with E-state index < -0.39 is 0 Å². The molecule has 1 aromatic heterocycles. The average Bonchev–Trinajstić information content (AvgIpc) is 2.81. The fourth-order valence-electron chi connectivity index (χ4n) is 3.66. The van der Waals surface area contributed by atoms with E-state index >= 15 is 0 Å². The van der Waals surface area contributed by atoms with Gasteiger partial charge in [-0.3, -0.25) is 4.79 Å². The molecule has 166 valence electrons. The number of carbonyl (C=O) groups excluding carboxylic acids is 1. The van der Waals surface area contributed by atoms with E-state index in [4.69, 9.17) is 4.74 Å². The number of amides is 1. The lowest BCUT2D eigenvalue weighted by Gasteiger charge is -2.32. The molecular formula is C25H29N5O2. The number of nitrogens with one attached hydrogen (secondary N) is 1. The maximum Gasteiger partial charge on any atom is 0.262 e. The zero-order chi connectivity index (χ0) is 22.5. The maximum atomic E-state index is 12.4. The van der Waals surface area contributed by atoms with E-state index in [2.05, 4.69) is 32.4 Å². The standard InChI is InChI=1S/C25H29N5O2/c1-18-6-4-9-23(19(18)2)32-17-25(31)26-21-8-5-7-20(16-21)22-10-11-24(28-27-22)30-14-12-29(3)13-15-30/h4-11,16H,12-15,17H2,1-3H3,(H,26,31). The van der Waals surface area contributed by atoms with E-state index in [-0.39, 0.29) is 12.5 Å². The Morgan fingerprint density at radius 1 is 1.00 bits per heavy atom. The van der Waals surface area contributed by atoms with Crippen LogP contribution in [0.1, 0.15) is 11.1 Å². The van der Waals surface area contributed by atoms with Gasteiger partial charge >= 0.3 is 0 Å². The van der Waals surface area contributed by atoms with Gasteiger partial charge in [0.05, 0.1) is 5.69 Å². The van der Waals surface area contributed by atoms with Crippen LogP contribution >= 0.6 is 0 Å². The normalized spacial score (nSPS) is 14.3. The predicted octanol–water partition coefficient (Wildman–Crippen LogP) is 3.53. The molecule has 0 radical (unpaired) electrons. The molecule has 0 saturated carbocycles. The average molecular weight is 432 g/mol. The first kappa shape index (κ1) is 21.8.